The average molecular weight is 523 g/mol. The van der Waals surface area contributed by atoms with E-state index >= 15 is 0 Å². The van der Waals surface area contributed by atoms with Gasteiger partial charge in [-0.05, 0) is 25.8 Å². The van der Waals surface area contributed by atoms with Crippen molar-refractivity contribution in [2.45, 2.75) is 38.2 Å². The summed E-state index contributed by atoms with van der Waals surface area (Å²) in [6, 6.07) is 1.72. The van der Waals surface area contributed by atoms with Crippen molar-refractivity contribution in [3.8, 4) is 17.1 Å². The van der Waals surface area contributed by atoms with Crippen molar-refractivity contribution >= 4 is 29.5 Å². The van der Waals surface area contributed by atoms with E-state index in [0.29, 0.717) is 23.4 Å². The molecule has 192 valence electrons. The molecule has 5 rings (SSSR count). The monoisotopic (exact) mass is 522 g/mol. The Balaban J connectivity index is 1.33. The molecule has 10 nitrogen and oxygen atoms in total. The maximum atomic E-state index is 14.6. The molecule has 0 bridgehead atoms. The first kappa shape index (κ1) is 24.4. The smallest absolute Gasteiger partial charge is 0.407 e. The lowest BCUT2D eigenvalue weighted by Crippen LogP contribution is -2.51. The van der Waals surface area contributed by atoms with Crippen LogP contribution in [0.2, 0.25) is 5.02 Å². The fourth-order valence-electron chi connectivity index (χ4n) is 4.62. The highest BCUT2D eigenvalue weighted by Crippen LogP contribution is 2.45. The van der Waals surface area contributed by atoms with E-state index in [1.54, 1.807) is 6.07 Å². The van der Waals surface area contributed by atoms with Crippen molar-refractivity contribution in [3.05, 3.63) is 28.5 Å². The van der Waals surface area contributed by atoms with Gasteiger partial charge in [0.25, 0.3) is 11.8 Å². The third kappa shape index (κ3) is 4.49. The fourth-order valence-corrected chi connectivity index (χ4v) is 4.84. The number of hydrogen-bond donors (Lipinski definition) is 1. The Labute approximate surface area is 210 Å². The minimum absolute atomic E-state index is 0.0329. The zero-order valence-corrected chi connectivity index (χ0v) is 20.3. The van der Waals surface area contributed by atoms with Crippen molar-refractivity contribution < 1.29 is 28.2 Å². The van der Waals surface area contributed by atoms with Gasteiger partial charge in [-0.3, -0.25) is 4.79 Å². The van der Waals surface area contributed by atoms with E-state index in [1.165, 1.54) is 16.0 Å². The first-order chi connectivity index (χ1) is 17.1. The number of amides is 2. The summed E-state index contributed by atoms with van der Waals surface area (Å²) in [4.78, 5) is 41.2. The van der Waals surface area contributed by atoms with E-state index in [2.05, 4.69) is 15.0 Å². The zero-order chi connectivity index (χ0) is 25.6. The molecule has 2 saturated heterocycles. The molecule has 0 spiro atoms. The highest BCUT2D eigenvalue weighted by molar-refractivity contribution is 6.32. The molecular formula is C23H25ClF2N6O4. The van der Waals surface area contributed by atoms with E-state index in [1.807, 2.05) is 11.8 Å². The van der Waals surface area contributed by atoms with Crippen molar-refractivity contribution in [1.29, 1.82) is 0 Å². The molecule has 1 N–H and O–H groups in total. The number of alkyl halides is 2. The first-order valence-corrected chi connectivity index (χ1v) is 12.1. The number of ether oxygens (including phenoxy) is 1. The number of piperazine rings is 1. The van der Waals surface area contributed by atoms with Crippen LogP contribution in [0.4, 0.5) is 19.5 Å². The molecule has 36 heavy (non-hydrogen) atoms. The number of halogens is 3. The van der Waals surface area contributed by atoms with Gasteiger partial charge in [0.05, 0.1) is 5.69 Å². The lowest BCUT2D eigenvalue weighted by Gasteiger charge is -2.39. The number of carbonyl (C=O) groups is 2. The van der Waals surface area contributed by atoms with E-state index < -0.39 is 12.0 Å². The molecule has 0 aromatic carbocycles. The molecule has 2 amide bonds. The van der Waals surface area contributed by atoms with E-state index in [0.717, 1.165) is 6.42 Å². The van der Waals surface area contributed by atoms with Gasteiger partial charge in [0, 0.05) is 62.5 Å². The van der Waals surface area contributed by atoms with Crippen molar-refractivity contribution in [2.75, 3.05) is 44.2 Å². The predicted molar refractivity (Wildman–Crippen MR) is 126 cm³/mol. The maximum Gasteiger partial charge on any atom is 0.407 e. The summed E-state index contributed by atoms with van der Waals surface area (Å²) in [5.74, 6) is -3.03. The third-order valence-corrected chi connectivity index (χ3v) is 7.19. The second-order valence-electron chi connectivity index (χ2n) is 9.18. The van der Waals surface area contributed by atoms with Crippen LogP contribution in [0.1, 0.15) is 31.0 Å². The van der Waals surface area contributed by atoms with Crippen LogP contribution in [0.15, 0.2) is 12.3 Å². The molecule has 13 heteroatoms. The maximum absolute atomic E-state index is 14.6. The Hall–Kier alpha value is -3.28. The number of carboxylic acid groups (broad SMARTS) is 1. The normalized spacial score (nSPS) is 20.7. The van der Waals surface area contributed by atoms with Crippen LogP contribution in [-0.4, -0.2) is 87.2 Å². The lowest BCUT2D eigenvalue weighted by molar-refractivity contribution is -0.135. The molecule has 0 saturated carbocycles. The Morgan fingerprint density at radius 2 is 1.92 bits per heavy atom. The lowest BCUT2D eigenvalue weighted by atomic mass is 10.0. The van der Waals surface area contributed by atoms with Gasteiger partial charge in [-0.15, -0.1) is 0 Å². The first-order valence-electron chi connectivity index (χ1n) is 11.7. The predicted octanol–water partition coefficient (Wildman–Crippen LogP) is 3.03. The third-order valence-electron chi connectivity index (χ3n) is 6.92. The van der Waals surface area contributed by atoms with Gasteiger partial charge in [0.1, 0.15) is 10.7 Å². The number of nitrogens with zero attached hydrogens (tertiary/aromatic N) is 6. The van der Waals surface area contributed by atoms with Gasteiger partial charge < -0.3 is 24.5 Å². The highest BCUT2D eigenvalue weighted by Gasteiger charge is 2.44. The summed E-state index contributed by atoms with van der Waals surface area (Å²) >= 11 is 6.39. The van der Waals surface area contributed by atoms with Crippen molar-refractivity contribution in [3.63, 3.8) is 0 Å². The molecule has 0 radical (unpaired) electrons. The van der Waals surface area contributed by atoms with Crippen LogP contribution in [0, 0.1) is 0 Å². The summed E-state index contributed by atoms with van der Waals surface area (Å²) in [6.45, 7) is 3.40. The topological polar surface area (TPSA) is 112 Å². The molecule has 1 unspecified atom stereocenters. The summed E-state index contributed by atoms with van der Waals surface area (Å²) in [5.41, 5.74) is 0.986. The van der Waals surface area contributed by atoms with Gasteiger partial charge in [0.2, 0.25) is 11.8 Å². The number of pyridine rings is 1. The molecule has 1 aliphatic carbocycles. The summed E-state index contributed by atoms with van der Waals surface area (Å²) < 4.78 is 34.7. The van der Waals surface area contributed by atoms with Crippen LogP contribution in [-0.2, 0) is 17.1 Å². The van der Waals surface area contributed by atoms with Gasteiger partial charge in [-0.1, -0.05) is 11.6 Å². The molecule has 2 aromatic heterocycles. The minimum atomic E-state index is -3.02. The largest absolute Gasteiger partial charge is 0.466 e. The summed E-state index contributed by atoms with van der Waals surface area (Å²) in [7, 11) is 0. The number of rotatable bonds is 5. The molecule has 1 atom stereocenters. The molecule has 2 fully saturated rings. The number of anilines is 1. The Bertz CT molecular complexity index is 1210. The second-order valence-corrected chi connectivity index (χ2v) is 9.59. The fraction of sp³-hybridized carbons (Fsp3) is 0.522. The van der Waals surface area contributed by atoms with Crippen LogP contribution in [0.5, 0.6) is 5.88 Å². The molecule has 4 heterocycles. The molecule has 3 aliphatic rings. The van der Waals surface area contributed by atoms with Crippen LogP contribution in [0.25, 0.3) is 11.3 Å². The summed E-state index contributed by atoms with van der Waals surface area (Å²) in [5, 5.41) is 9.14. The van der Waals surface area contributed by atoms with E-state index in [-0.39, 0.29) is 80.1 Å². The van der Waals surface area contributed by atoms with Crippen LogP contribution >= 0.6 is 11.6 Å². The molecular weight excluding hydrogens is 498 g/mol. The van der Waals surface area contributed by atoms with Gasteiger partial charge in [-0.2, -0.15) is 8.78 Å². The highest BCUT2D eigenvalue weighted by atomic mass is 35.5. The van der Waals surface area contributed by atoms with Gasteiger partial charge in [0.15, 0.2) is 6.61 Å². The van der Waals surface area contributed by atoms with Crippen molar-refractivity contribution in [2.24, 2.45) is 0 Å². The standard InChI is InChI=1S/C23H25ClF2N6O4/c1-13-3-5-32(13)21-28-18(15-2-4-23(25,26)19(15)29-21)14-10-16(24)20(27-11-14)36-12-17(33)30-6-8-31(9-7-30)22(34)35/h10-11,13H,2-9,12H2,1H3,(H,34,35). The van der Waals surface area contributed by atoms with Crippen LogP contribution in [0.3, 0.4) is 0 Å². The Morgan fingerprint density at radius 3 is 2.53 bits per heavy atom. The SMILES string of the molecule is CC1CCN1c1nc(-c2cnc(OCC(=O)N3CCN(C(=O)O)CC3)c(Cl)c2)c2c(n1)C(F)(F)CC2. The van der Waals surface area contributed by atoms with E-state index in [9.17, 15) is 18.4 Å². The number of aromatic nitrogens is 3. The summed E-state index contributed by atoms with van der Waals surface area (Å²) in [6.07, 6.45) is 1.19. The van der Waals surface area contributed by atoms with Gasteiger partial charge in [-0.25, -0.2) is 19.7 Å². The average Bonchev–Trinajstić information content (AvgIpc) is 3.16. The van der Waals surface area contributed by atoms with E-state index in [4.69, 9.17) is 21.4 Å². The molecule has 2 aromatic rings. The minimum Gasteiger partial charge on any atom is -0.466 e. The number of carbonyl (C=O) groups excluding carboxylic acids is 1. The zero-order valence-electron chi connectivity index (χ0n) is 19.6. The molecule has 2 aliphatic heterocycles. The van der Waals surface area contributed by atoms with Crippen molar-refractivity contribution in [1.82, 2.24) is 24.8 Å². The Morgan fingerprint density at radius 1 is 1.19 bits per heavy atom. The quantitative estimate of drug-likeness (QED) is 0.638. The van der Waals surface area contributed by atoms with Gasteiger partial charge >= 0.3 is 6.09 Å². The number of hydrogen-bond acceptors (Lipinski definition) is 7. The Kier molecular flexibility index (Phi) is 6.31. The van der Waals surface area contributed by atoms with Crippen LogP contribution < -0.4 is 9.64 Å². The number of fused-ring (bicyclic) bond motifs is 1. The second kappa shape index (κ2) is 9.30.